The first-order valence-corrected chi connectivity index (χ1v) is 7.22. The highest BCUT2D eigenvalue weighted by Gasteiger charge is 2.18. The lowest BCUT2D eigenvalue weighted by atomic mass is 10.0. The van der Waals surface area contributed by atoms with Crippen LogP contribution in [0.2, 0.25) is 0 Å². The molecule has 0 N–H and O–H groups in total. The van der Waals surface area contributed by atoms with Crippen molar-refractivity contribution in [2.75, 3.05) is 14.2 Å². The number of hydrogen-bond donors (Lipinski definition) is 0. The van der Waals surface area contributed by atoms with E-state index in [-0.39, 0.29) is 5.78 Å². The van der Waals surface area contributed by atoms with Gasteiger partial charge in [-0.15, -0.1) is 0 Å². The van der Waals surface area contributed by atoms with Crippen molar-refractivity contribution in [3.05, 3.63) is 57.2 Å². The molecule has 0 radical (unpaired) electrons. The van der Waals surface area contributed by atoms with Crippen LogP contribution in [0.25, 0.3) is 0 Å². The zero-order valence-electron chi connectivity index (χ0n) is 11.4. The van der Waals surface area contributed by atoms with Crippen LogP contribution in [-0.2, 0) is 6.42 Å². The summed E-state index contributed by atoms with van der Waals surface area (Å²) in [4.78, 5) is 12.5. The number of carbonyl (C=O) groups is 1. The van der Waals surface area contributed by atoms with Crippen LogP contribution in [0.5, 0.6) is 11.5 Å². The van der Waals surface area contributed by atoms with Gasteiger partial charge < -0.3 is 9.47 Å². The zero-order valence-corrected chi connectivity index (χ0v) is 13.5. The fourth-order valence-corrected chi connectivity index (χ4v) is 2.36. The van der Waals surface area contributed by atoms with E-state index in [1.807, 2.05) is 24.3 Å². The van der Waals surface area contributed by atoms with Crippen LogP contribution in [0.3, 0.4) is 0 Å². The number of ether oxygens (including phenoxy) is 2. The maximum Gasteiger partial charge on any atom is 0.174 e. The summed E-state index contributed by atoms with van der Waals surface area (Å²) in [6, 6.07) is 13.2. The van der Waals surface area contributed by atoms with Crippen LogP contribution in [0.4, 0.5) is 0 Å². The number of methoxy groups -OCH3 is 2. The zero-order chi connectivity index (χ0) is 14.5. The van der Waals surface area contributed by atoms with Gasteiger partial charge in [0, 0.05) is 9.99 Å². The maximum atomic E-state index is 12.5. The third-order valence-corrected chi connectivity index (χ3v) is 3.70. The molecule has 0 unspecified atom stereocenters. The molecular weight excluding hydrogens is 367 g/mol. The molecule has 0 bridgehead atoms. The predicted octanol–water partition coefficient (Wildman–Crippen LogP) is 3.73. The molecular formula is C16H15IO3. The van der Waals surface area contributed by atoms with Gasteiger partial charge in [-0.2, -0.15) is 0 Å². The molecule has 3 nitrogen and oxygen atoms in total. The van der Waals surface area contributed by atoms with E-state index in [4.69, 9.17) is 9.47 Å². The molecule has 2 aromatic rings. The molecule has 0 saturated heterocycles. The summed E-state index contributed by atoms with van der Waals surface area (Å²) < 4.78 is 11.7. The summed E-state index contributed by atoms with van der Waals surface area (Å²) in [5.41, 5.74) is 1.47. The molecule has 4 heteroatoms. The number of ketones is 1. The number of Topliss-reactive ketones (excluding diaryl/α,β-unsaturated/α-hetero) is 1. The first-order chi connectivity index (χ1) is 9.65. The fourth-order valence-electron chi connectivity index (χ4n) is 2.00. The second-order valence-electron chi connectivity index (χ2n) is 4.26. The molecule has 20 heavy (non-hydrogen) atoms. The average Bonchev–Trinajstić information content (AvgIpc) is 2.48. The van der Waals surface area contributed by atoms with Gasteiger partial charge in [-0.25, -0.2) is 0 Å². The average molecular weight is 382 g/mol. The highest BCUT2D eigenvalue weighted by Crippen LogP contribution is 2.29. The van der Waals surface area contributed by atoms with E-state index < -0.39 is 0 Å². The van der Waals surface area contributed by atoms with Crippen molar-refractivity contribution in [3.8, 4) is 11.5 Å². The molecule has 2 aromatic carbocycles. The standard InChI is InChI=1S/C16H15IO3/c1-19-14-4-3-5-15(20-2)16(14)13(18)10-11-6-8-12(17)9-7-11/h3-9H,10H2,1-2H3. The first kappa shape index (κ1) is 14.8. The SMILES string of the molecule is COc1cccc(OC)c1C(=O)Cc1ccc(I)cc1. The Bertz CT molecular complexity index is 583. The van der Waals surface area contributed by atoms with Crippen molar-refractivity contribution in [2.24, 2.45) is 0 Å². The van der Waals surface area contributed by atoms with Crippen molar-refractivity contribution < 1.29 is 14.3 Å². The van der Waals surface area contributed by atoms with Crippen LogP contribution < -0.4 is 9.47 Å². The van der Waals surface area contributed by atoms with Crippen molar-refractivity contribution in [1.82, 2.24) is 0 Å². The quantitative estimate of drug-likeness (QED) is 0.584. The Morgan fingerprint density at radius 2 is 1.55 bits per heavy atom. The van der Waals surface area contributed by atoms with Crippen molar-refractivity contribution in [1.29, 1.82) is 0 Å². The molecule has 104 valence electrons. The molecule has 0 saturated carbocycles. The second kappa shape index (κ2) is 6.74. The molecule has 0 aliphatic rings. The lowest BCUT2D eigenvalue weighted by Crippen LogP contribution is -2.08. The molecule has 0 atom stereocenters. The normalized spacial score (nSPS) is 10.2. The largest absolute Gasteiger partial charge is 0.496 e. The Balaban J connectivity index is 2.31. The molecule has 0 aliphatic heterocycles. The van der Waals surface area contributed by atoms with E-state index >= 15 is 0 Å². The van der Waals surface area contributed by atoms with Crippen molar-refractivity contribution >= 4 is 28.4 Å². The van der Waals surface area contributed by atoms with Gasteiger partial charge in [0.25, 0.3) is 0 Å². The van der Waals surface area contributed by atoms with Gasteiger partial charge in [0.2, 0.25) is 0 Å². The summed E-state index contributed by atoms with van der Waals surface area (Å²) in [5, 5.41) is 0. The Morgan fingerprint density at radius 3 is 2.05 bits per heavy atom. The van der Waals surface area contributed by atoms with Crippen LogP contribution in [0.1, 0.15) is 15.9 Å². The number of rotatable bonds is 5. The predicted molar refractivity (Wildman–Crippen MR) is 86.7 cm³/mol. The molecule has 0 amide bonds. The number of halogens is 1. The van der Waals surface area contributed by atoms with E-state index in [2.05, 4.69) is 22.6 Å². The first-order valence-electron chi connectivity index (χ1n) is 6.14. The second-order valence-corrected chi connectivity index (χ2v) is 5.51. The van der Waals surface area contributed by atoms with Crippen molar-refractivity contribution in [3.63, 3.8) is 0 Å². The summed E-state index contributed by atoms with van der Waals surface area (Å²) in [7, 11) is 3.10. The minimum atomic E-state index is -0.0134. The van der Waals surface area contributed by atoms with Crippen LogP contribution in [0, 0.1) is 3.57 Å². The number of hydrogen-bond acceptors (Lipinski definition) is 3. The maximum absolute atomic E-state index is 12.5. The minimum Gasteiger partial charge on any atom is -0.496 e. The summed E-state index contributed by atoms with van der Waals surface area (Å²) in [6.45, 7) is 0. The highest BCUT2D eigenvalue weighted by molar-refractivity contribution is 14.1. The van der Waals surface area contributed by atoms with E-state index in [0.29, 0.717) is 23.5 Å². The van der Waals surface area contributed by atoms with Crippen LogP contribution in [0.15, 0.2) is 42.5 Å². The van der Waals surface area contributed by atoms with Gasteiger partial charge in [0.15, 0.2) is 5.78 Å². The van der Waals surface area contributed by atoms with Gasteiger partial charge in [0.05, 0.1) is 14.2 Å². The highest BCUT2D eigenvalue weighted by atomic mass is 127. The third-order valence-electron chi connectivity index (χ3n) is 2.98. The van der Waals surface area contributed by atoms with Crippen molar-refractivity contribution in [2.45, 2.75) is 6.42 Å². The molecule has 2 rings (SSSR count). The fraction of sp³-hybridized carbons (Fsp3) is 0.188. The summed E-state index contributed by atoms with van der Waals surface area (Å²) in [5.74, 6) is 1.07. The van der Waals surface area contributed by atoms with Gasteiger partial charge in [-0.3, -0.25) is 4.79 Å². The van der Waals surface area contributed by atoms with Crippen LogP contribution in [-0.4, -0.2) is 20.0 Å². The Morgan fingerprint density at radius 1 is 1.00 bits per heavy atom. The molecule has 0 aromatic heterocycles. The Labute approximate surface area is 132 Å². The Kier molecular flexibility index (Phi) is 5.00. The molecule has 0 fully saturated rings. The van der Waals surface area contributed by atoms with E-state index in [9.17, 15) is 4.79 Å². The lowest BCUT2D eigenvalue weighted by molar-refractivity contribution is 0.0987. The summed E-state index contributed by atoms with van der Waals surface area (Å²) in [6.07, 6.45) is 0.327. The summed E-state index contributed by atoms with van der Waals surface area (Å²) >= 11 is 2.24. The minimum absolute atomic E-state index is 0.0134. The van der Waals surface area contributed by atoms with E-state index in [1.165, 1.54) is 0 Å². The molecule has 0 aliphatic carbocycles. The molecule has 0 spiro atoms. The smallest absolute Gasteiger partial charge is 0.174 e. The third kappa shape index (κ3) is 3.30. The Hall–Kier alpha value is -1.56. The monoisotopic (exact) mass is 382 g/mol. The van der Waals surface area contributed by atoms with Crippen LogP contribution >= 0.6 is 22.6 Å². The van der Waals surface area contributed by atoms with E-state index in [1.54, 1.807) is 32.4 Å². The topological polar surface area (TPSA) is 35.5 Å². The lowest BCUT2D eigenvalue weighted by Gasteiger charge is -2.12. The van der Waals surface area contributed by atoms with Gasteiger partial charge in [-0.05, 0) is 52.4 Å². The van der Waals surface area contributed by atoms with E-state index in [0.717, 1.165) is 9.13 Å². The van der Waals surface area contributed by atoms with Gasteiger partial charge in [-0.1, -0.05) is 18.2 Å². The number of carbonyl (C=O) groups excluding carboxylic acids is 1. The number of benzene rings is 2. The van der Waals surface area contributed by atoms with Gasteiger partial charge >= 0.3 is 0 Å². The molecule has 0 heterocycles. The van der Waals surface area contributed by atoms with Gasteiger partial charge in [0.1, 0.15) is 17.1 Å².